The zero-order valence-corrected chi connectivity index (χ0v) is 11.6. The average Bonchev–Trinajstić information content (AvgIpc) is 2.47. The topological polar surface area (TPSA) is 41.6 Å². The Morgan fingerprint density at radius 1 is 1.47 bits per heavy atom. The molecule has 102 valence electrons. The van der Waals surface area contributed by atoms with Crippen molar-refractivity contribution in [3.8, 4) is 5.75 Å². The summed E-state index contributed by atoms with van der Waals surface area (Å²) in [7, 11) is 0. The van der Waals surface area contributed by atoms with Gasteiger partial charge in [-0.2, -0.15) is 11.8 Å². The molecule has 1 unspecified atom stereocenters. The summed E-state index contributed by atoms with van der Waals surface area (Å²) < 4.78 is 5.58. The molecule has 2 heterocycles. The number of anilines is 1. The molecule has 0 aliphatic carbocycles. The van der Waals surface area contributed by atoms with Crippen molar-refractivity contribution in [2.45, 2.75) is 12.5 Å². The number of carbonyl (C=O) groups is 1. The van der Waals surface area contributed by atoms with Crippen molar-refractivity contribution in [2.75, 3.05) is 36.1 Å². The molecule has 0 aromatic heterocycles. The summed E-state index contributed by atoms with van der Waals surface area (Å²) in [4.78, 5) is 14.3. The van der Waals surface area contributed by atoms with Crippen LogP contribution < -0.4 is 15.0 Å². The maximum Gasteiger partial charge on any atom is 0.228 e. The molecule has 0 bridgehead atoms. The van der Waals surface area contributed by atoms with E-state index >= 15 is 0 Å². The highest BCUT2D eigenvalue weighted by Crippen LogP contribution is 2.31. The summed E-state index contributed by atoms with van der Waals surface area (Å²) in [5.41, 5.74) is 0.905. The minimum Gasteiger partial charge on any atom is -0.490 e. The Bertz CT molecular complexity index is 461. The highest BCUT2D eigenvalue weighted by molar-refractivity contribution is 7.99. The van der Waals surface area contributed by atoms with Crippen LogP contribution in [0, 0.1) is 0 Å². The number of nitrogens with one attached hydrogen (secondary N) is 1. The number of hydrogen-bond donors (Lipinski definition) is 1. The second-order valence-electron chi connectivity index (χ2n) is 4.79. The fourth-order valence-corrected chi connectivity index (χ4v) is 3.45. The summed E-state index contributed by atoms with van der Waals surface area (Å²) in [5, 5.41) is 3.41. The van der Waals surface area contributed by atoms with Crippen LogP contribution in [0.3, 0.4) is 0 Å². The largest absolute Gasteiger partial charge is 0.490 e. The van der Waals surface area contributed by atoms with Gasteiger partial charge in [0.05, 0.1) is 12.2 Å². The molecule has 1 amide bonds. The molecule has 0 radical (unpaired) electrons. The Labute approximate surface area is 117 Å². The van der Waals surface area contributed by atoms with E-state index in [1.807, 2.05) is 40.9 Å². The Hall–Kier alpha value is -1.20. The number of thioether (sulfide) groups is 1. The maximum atomic E-state index is 12.5. The van der Waals surface area contributed by atoms with Gasteiger partial charge in [-0.05, 0) is 12.1 Å². The zero-order chi connectivity index (χ0) is 13.1. The van der Waals surface area contributed by atoms with Crippen molar-refractivity contribution in [3.05, 3.63) is 24.3 Å². The first-order chi connectivity index (χ1) is 9.34. The molecule has 2 aliphatic heterocycles. The number of amides is 1. The molecule has 1 aromatic carbocycles. The van der Waals surface area contributed by atoms with Crippen LogP contribution in [0.2, 0.25) is 0 Å². The summed E-state index contributed by atoms with van der Waals surface area (Å²) in [5.74, 6) is 3.17. The van der Waals surface area contributed by atoms with Crippen molar-refractivity contribution in [1.29, 1.82) is 0 Å². The third-order valence-corrected chi connectivity index (χ3v) is 4.58. The van der Waals surface area contributed by atoms with Crippen LogP contribution in [0.15, 0.2) is 24.3 Å². The lowest BCUT2D eigenvalue weighted by molar-refractivity contribution is -0.119. The predicted octanol–water partition coefficient (Wildman–Crippen LogP) is 1.51. The molecule has 1 fully saturated rings. The first-order valence-electron chi connectivity index (χ1n) is 6.68. The fourth-order valence-electron chi connectivity index (χ4n) is 2.50. The van der Waals surface area contributed by atoms with Gasteiger partial charge in [0, 0.05) is 30.5 Å². The standard InChI is InChI=1S/C14H18N2O2S/c17-14(9-11-10-19-8-5-15-11)16-6-7-18-13-4-2-1-3-12(13)16/h1-4,11,15H,5-10H2. The van der Waals surface area contributed by atoms with E-state index < -0.39 is 0 Å². The molecule has 19 heavy (non-hydrogen) atoms. The second-order valence-corrected chi connectivity index (χ2v) is 5.94. The van der Waals surface area contributed by atoms with Crippen LogP contribution in [0.5, 0.6) is 5.75 Å². The second kappa shape index (κ2) is 5.84. The van der Waals surface area contributed by atoms with Gasteiger partial charge in [0.2, 0.25) is 5.91 Å². The van der Waals surface area contributed by atoms with Crippen LogP contribution in [-0.4, -0.2) is 43.2 Å². The monoisotopic (exact) mass is 278 g/mol. The molecule has 4 nitrogen and oxygen atoms in total. The van der Waals surface area contributed by atoms with Crippen LogP contribution in [0.25, 0.3) is 0 Å². The van der Waals surface area contributed by atoms with E-state index in [0.717, 1.165) is 29.5 Å². The molecule has 5 heteroatoms. The van der Waals surface area contributed by atoms with Crippen molar-refractivity contribution < 1.29 is 9.53 Å². The average molecular weight is 278 g/mol. The number of rotatable bonds is 2. The van der Waals surface area contributed by atoms with Gasteiger partial charge in [-0.1, -0.05) is 12.1 Å². The van der Waals surface area contributed by atoms with E-state index in [2.05, 4.69) is 5.32 Å². The number of ether oxygens (including phenoxy) is 1. The Balaban J connectivity index is 1.70. The van der Waals surface area contributed by atoms with Crippen molar-refractivity contribution in [3.63, 3.8) is 0 Å². The van der Waals surface area contributed by atoms with Gasteiger partial charge in [0.25, 0.3) is 0 Å². The van der Waals surface area contributed by atoms with Gasteiger partial charge in [-0.3, -0.25) is 4.79 Å². The smallest absolute Gasteiger partial charge is 0.228 e. The quantitative estimate of drug-likeness (QED) is 0.890. The van der Waals surface area contributed by atoms with E-state index in [0.29, 0.717) is 25.6 Å². The summed E-state index contributed by atoms with van der Waals surface area (Å²) in [6, 6.07) is 8.06. The molecule has 1 N–H and O–H groups in total. The predicted molar refractivity (Wildman–Crippen MR) is 78.0 cm³/mol. The minimum absolute atomic E-state index is 0.191. The molecular formula is C14H18N2O2S. The molecule has 2 aliphatic rings. The number of hydrogen-bond acceptors (Lipinski definition) is 4. The number of fused-ring (bicyclic) bond motifs is 1. The molecule has 1 atom stereocenters. The lowest BCUT2D eigenvalue weighted by atomic mass is 10.1. The Morgan fingerprint density at radius 3 is 3.21 bits per heavy atom. The van der Waals surface area contributed by atoms with E-state index in [-0.39, 0.29) is 5.91 Å². The Morgan fingerprint density at radius 2 is 2.37 bits per heavy atom. The van der Waals surface area contributed by atoms with Crippen LogP contribution in [0.4, 0.5) is 5.69 Å². The van der Waals surface area contributed by atoms with Gasteiger partial charge < -0.3 is 15.0 Å². The number of carbonyl (C=O) groups excluding carboxylic acids is 1. The SMILES string of the molecule is O=C(CC1CSCCN1)N1CCOc2ccccc21. The highest BCUT2D eigenvalue weighted by atomic mass is 32.2. The van der Waals surface area contributed by atoms with Gasteiger partial charge in [0.1, 0.15) is 12.4 Å². The van der Waals surface area contributed by atoms with Crippen molar-refractivity contribution >= 4 is 23.4 Å². The minimum atomic E-state index is 0.191. The van der Waals surface area contributed by atoms with Gasteiger partial charge in [-0.15, -0.1) is 0 Å². The molecule has 1 aromatic rings. The summed E-state index contributed by atoms with van der Waals surface area (Å²) in [6.45, 7) is 2.23. The Kier molecular flexibility index (Phi) is 3.94. The van der Waals surface area contributed by atoms with E-state index in [1.54, 1.807) is 0 Å². The highest BCUT2D eigenvalue weighted by Gasteiger charge is 2.26. The third-order valence-electron chi connectivity index (χ3n) is 3.45. The van der Waals surface area contributed by atoms with Crippen molar-refractivity contribution in [2.24, 2.45) is 0 Å². The maximum absolute atomic E-state index is 12.5. The summed E-state index contributed by atoms with van der Waals surface area (Å²) in [6.07, 6.45) is 0.571. The zero-order valence-electron chi connectivity index (χ0n) is 10.8. The van der Waals surface area contributed by atoms with Crippen LogP contribution in [0.1, 0.15) is 6.42 Å². The normalized spacial score (nSPS) is 22.5. The van der Waals surface area contributed by atoms with Crippen LogP contribution >= 0.6 is 11.8 Å². The third kappa shape index (κ3) is 2.87. The van der Waals surface area contributed by atoms with E-state index in [1.165, 1.54) is 0 Å². The molecule has 0 saturated carbocycles. The first-order valence-corrected chi connectivity index (χ1v) is 7.83. The first kappa shape index (κ1) is 12.8. The molecule has 3 rings (SSSR count). The molecular weight excluding hydrogens is 260 g/mol. The van der Waals surface area contributed by atoms with Gasteiger partial charge in [-0.25, -0.2) is 0 Å². The number of para-hydroxylation sites is 2. The molecule has 0 spiro atoms. The number of benzene rings is 1. The van der Waals surface area contributed by atoms with Crippen LogP contribution in [-0.2, 0) is 4.79 Å². The lowest BCUT2D eigenvalue weighted by Gasteiger charge is -2.31. The molecule has 1 saturated heterocycles. The van der Waals surface area contributed by atoms with E-state index in [4.69, 9.17) is 4.74 Å². The van der Waals surface area contributed by atoms with E-state index in [9.17, 15) is 4.79 Å². The summed E-state index contributed by atoms with van der Waals surface area (Å²) >= 11 is 1.92. The number of nitrogens with zero attached hydrogens (tertiary/aromatic N) is 1. The van der Waals surface area contributed by atoms with Gasteiger partial charge >= 0.3 is 0 Å². The fraction of sp³-hybridized carbons (Fsp3) is 0.500. The van der Waals surface area contributed by atoms with Crippen molar-refractivity contribution in [1.82, 2.24) is 5.32 Å². The lowest BCUT2D eigenvalue weighted by Crippen LogP contribution is -2.44. The van der Waals surface area contributed by atoms with Gasteiger partial charge in [0.15, 0.2) is 0 Å².